The molecule has 0 saturated carbocycles. The Hall–Kier alpha value is -1.24. The summed E-state index contributed by atoms with van der Waals surface area (Å²) in [7, 11) is 0. The van der Waals surface area contributed by atoms with E-state index in [1.165, 1.54) is 16.7 Å². The van der Waals surface area contributed by atoms with Crippen LogP contribution in [-0.2, 0) is 6.42 Å². The van der Waals surface area contributed by atoms with Gasteiger partial charge >= 0.3 is 0 Å². The molecule has 0 aliphatic heterocycles. The minimum absolute atomic E-state index is 0.403. The number of fused-ring (bicyclic) bond motifs is 1. The highest BCUT2D eigenvalue weighted by atomic mass is 16.3. The maximum Gasteiger partial charge on any atom is 0.119 e. The lowest BCUT2D eigenvalue weighted by atomic mass is 10.0. The van der Waals surface area contributed by atoms with Gasteiger partial charge in [-0.2, -0.15) is 0 Å². The molecule has 1 aliphatic rings. The lowest BCUT2D eigenvalue weighted by molar-refractivity contribution is 0.471. The second-order valence-corrected chi connectivity index (χ2v) is 3.45. The second-order valence-electron chi connectivity index (χ2n) is 3.45. The Balaban J connectivity index is 2.65. The standard InChI is InChI=1S/C11H12O/c1-7-5-9-3-4-11(12)8(2)10(9)6-7/h3-4,6,12H,5H2,1-2H3. The SMILES string of the molecule is CC1=Cc2c(ccc(O)c2C)C1. The minimum Gasteiger partial charge on any atom is -0.508 e. The summed E-state index contributed by atoms with van der Waals surface area (Å²) in [6.45, 7) is 4.08. The zero-order valence-corrected chi connectivity index (χ0v) is 7.39. The quantitative estimate of drug-likeness (QED) is 0.618. The van der Waals surface area contributed by atoms with Crippen molar-refractivity contribution < 1.29 is 5.11 Å². The van der Waals surface area contributed by atoms with Crippen LogP contribution in [0, 0.1) is 6.92 Å². The largest absolute Gasteiger partial charge is 0.508 e. The topological polar surface area (TPSA) is 20.2 Å². The fraction of sp³-hybridized carbons (Fsp3) is 0.273. The van der Waals surface area contributed by atoms with Crippen LogP contribution in [0.3, 0.4) is 0 Å². The van der Waals surface area contributed by atoms with Gasteiger partial charge in [0, 0.05) is 0 Å². The van der Waals surface area contributed by atoms with E-state index in [0.717, 1.165) is 12.0 Å². The number of allylic oxidation sites excluding steroid dienone is 1. The summed E-state index contributed by atoms with van der Waals surface area (Å²) in [4.78, 5) is 0. The first-order valence-corrected chi connectivity index (χ1v) is 4.17. The molecule has 0 fully saturated rings. The van der Waals surface area contributed by atoms with Gasteiger partial charge in [-0.1, -0.05) is 17.7 Å². The van der Waals surface area contributed by atoms with E-state index in [9.17, 15) is 5.11 Å². The second kappa shape index (κ2) is 2.37. The first-order chi connectivity index (χ1) is 5.68. The molecule has 1 nitrogen and oxygen atoms in total. The van der Waals surface area contributed by atoms with Crippen molar-refractivity contribution in [1.82, 2.24) is 0 Å². The third-order valence-corrected chi connectivity index (χ3v) is 2.44. The number of rotatable bonds is 0. The molecule has 0 atom stereocenters. The molecule has 1 aromatic rings. The number of phenolic OH excluding ortho intramolecular Hbond substituents is 1. The Morgan fingerprint density at radius 1 is 1.25 bits per heavy atom. The molecule has 0 bridgehead atoms. The number of benzene rings is 1. The molecule has 0 aromatic heterocycles. The van der Waals surface area contributed by atoms with Crippen molar-refractivity contribution in [2.75, 3.05) is 0 Å². The zero-order valence-electron chi connectivity index (χ0n) is 7.39. The molecule has 0 saturated heterocycles. The summed E-state index contributed by atoms with van der Waals surface area (Å²) in [6, 6.07) is 3.78. The Labute approximate surface area is 72.4 Å². The van der Waals surface area contributed by atoms with E-state index in [1.807, 2.05) is 13.0 Å². The van der Waals surface area contributed by atoms with Crippen molar-refractivity contribution in [3.8, 4) is 5.75 Å². The Bertz CT molecular complexity index is 362. The van der Waals surface area contributed by atoms with Crippen LogP contribution >= 0.6 is 0 Å². The highest BCUT2D eigenvalue weighted by Gasteiger charge is 2.13. The van der Waals surface area contributed by atoms with Crippen LogP contribution in [0.1, 0.15) is 23.6 Å². The Morgan fingerprint density at radius 3 is 2.75 bits per heavy atom. The van der Waals surface area contributed by atoms with Crippen LogP contribution in [-0.4, -0.2) is 5.11 Å². The van der Waals surface area contributed by atoms with Crippen molar-refractivity contribution in [2.24, 2.45) is 0 Å². The summed E-state index contributed by atoms with van der Waals surface area (Å²) < 4.78 is 0. The monoisotopic (exact) mass is 160 g/mol. The fourth-order valence-corrected chi connectivity index (χ4v) is 1.73. The molecule has 1 N–H and O–H groups in total. The molecular weight excluding hydrogens is 148 g/mol. The average Bonchev–Trinajstić information content (AvgIpc) is 2.39. The lowest BCUT2D eigenvalue weighted by Crippen LogP contribution is -1.86. The van der Waals surface area contributed by atoms with Crippen LogP contribution in [0.5, 0.6) is 5.75 Å². The van der Waals surface area contributed by atoms with E-state index in [1.54, 1.807) is 6.07 Å². The molecule has 0 spiro atoms. The van der Waals surface area contributed by atoms with E-state index in [0.29, 0.717) is 5.75 Å². The van der Waals surface area contributed by atoms with Crippen LogP contribution < -0.4 is 0 Å². The summed E-state index contributed by atoms with van der Waals surface area (Å²) in [5, 5.41) is 9.44. The van der Waals surface area contributed by atoms with Gasteiger partial charge in [0.2, 0.25) is 0 Å². The molecule has 0 amide bonds. The van der Waals surface area contributed by atoms with Crippen molar-refractivity contribution in [3.05, 3.63) is 34.4 Å². The molecule has 0 radical (unpaired) electrons. The summed E-state index contributed by atoms with van der Waals surface area (Å²) in [6.07, 6.45) is 3.20. The predicted octanol–water partition coefficient (Wildman–Crippen LogP) is 2.66. The Morgan fingerprint density at radius 2 is 2.00 bits per heavy atom. The minimum atomic E-state index is 0.403. The van der Waals surface area contributed by atoms with E-state index < -0.39 is 0 Å². The van der Waals surface area contributed by atoms with Gasteiger partial charge in [-0.05, 0) is 43.0 Å². The van der Waals surface area contributed by atoms with E-state index in [4.69, 9.17) is 0 Å². The third-order valence-electron chi connectivity index (χ3n) is 2.44. The number of hydrogen-bond acceptors (Lipinski definition) is 1. The normalized spacial score (nSPS) is 14.3. The molecule has 0 unspecified atom stereocenters. The molecule has 0 heterocycles. The number of aromatic hydroxyl groups is 1. The van der Waals surface area contributed by atoms with Crippen molar-refractivity contribution in [1.29, 1.82) is 0 Å². The molecular formula is C11H12O. The van der Waals surface area contributed by atoms with Crippen molar-refractivity contribution in [2.45, 2.75) is 20.3 Å². The van der Waals surface area contributed by atoms with Crippen LogP contribution in [0.15, 0.2) is 17.7 Å². The zero-order chi connectivity index (χ0) is 8.72. The number of phenols is 1. The molecule has 2 rings (SSSR count). The predicted molar refractivity (Wildman–Crippen MR) is 50.2 cm³/mol. The fourth-order valence-electron chi connectivity index (χ4n) is 1.73. The van der Waals surface area contributed by atoms with Crippen molar-refractivity contribution in [3.63, 3.8) is 0 Å². The first-order valence-electron chi connectivity index (χ1n) is 4.17. The maximum absolute atomic E-state index is 9.44. The molecule has 1 aromatic carbocycles. The van der Waals surface area contributed by atoms with Crippen LogP contribution in [0.25, 0.3) is 6.08 Å². The highest BCUT2D eigenvalue weighted by molar-refractivity contribution is 5.68. The van der Waals surface area contributed by atoms with Gasteiger partial charge in [0.1, 0.15) is 5.75 Å². The highest BCUT2D eigenvalue weighted by Crippen LogP contribution is 2.31. The lowest BCUT2D eigenvalue weighted by Gasteiger charge is -2.04. The van der Waals surface area contributed by atoms with E-state index in [2.05, 4.69) is 13.0 Å². The molecule has 1 aliphatic carbocycles. The summed E-state index contributed by atoms with van der Waals surface area (Å²) >= 11 is 0. The molecule has 62 valence electrons. The van der Waals surface area contributed by atoms with Gasteiger partial charge in [0.15, 0.2) is 0 Å². The van der Waals surface area contributed by atoms with Gasteiger partial charge in [-0.15, -0.1) is 0 Å². The molecule has 12 heavy (non-hydrogen) atoms. The van der Waals surface area contributed by atoms with Crippen LogP contribution in [0.2, 0.25) is 0 Å². The third kappa shape index (κ3) is 0.934. The Kier molecular flexibility index (Phi) is 1.47. The van der Waals surface area contributed by atoms with Gasteiger partial charge < -0.3 is 5.11 Å². The van der Waals surface area contributed by atoms with Crippen LogP contribution in [0.4, 0.5) is 0 Å². The van der Waals surface area contributed by atoms with Gasteiger partial charge in [-0.3, -0.25) is 0 Å². The van der Waals surface area contributed by atoms with Gasteiger partial charge in [0.25, 0.3) is 0 Å². The maximum atomic E-state index is 9.44. The smallest absolute Gasteiger partial charge is 0.119 e. The number of hydrogen-bond donors (Lipinski definition) is 1. The summed E-state index contributed by atoms with van der Waals surface area (Å²) in [5.41, 5.74) is 4.93. The van der Waals surface area contributed by atoms with E-state index >= 15 is 0 Å². The van der Waals surface area contributed by atoms with Gasteiger partial charge in [-0.25, -0.2) is 0 Å². The average molecular weight is 160 g/mol. The summed E-state index contributed by atoms with van der Waals surface area (Å²) in [5.74, 6) is 0.403. The van der Waals surface area contributed by atoms with E-state index in [-0.39, 0.29) is 0 Å². The first kappa shape index (κ1) is 7.41. The van der Waals surface area contributed by atoms with Crippen molar-refractivity contribution >= 4 is 6.08 Å². The molecule has 1 heteroatoms. The van der Waals surface area contributed by atoms with Gasteiger partial charge in [0.05, 0.1) is 0 Å².